The summed E-state index contributed by atoms with van der Waals surface area (Å²) in [5, 5.41) is 16.3. The van der Waals surface area contributed by atoms with Crippen LogP contribution >= 0.6 is 0 Å². The van der Waals surface area contributed by atoms with E-state index in [1.165, 1.54) is 0 Å². The van der Waals surface area contributed by atoms with Crippen LogP contribution in [-0.4, -0.2) is 58.4 Å². The summed E-state index contributed by atoms with van der Waals surface area (Å²) in [5.74, 6) is -1.59. The van der Waals surface area contributed by atoms with Gasteiger partial charge in [0, 0.05) is 30.5 Å². The summed E-state index contributed by atoms with van der Waals surface area (Å²) in [7, 11) is 1.90. The number of anilines is 2. The minimum absolute atomic E-state index is 0.00160. The van der Waals surface area contributed by atoms with E-state index in [4.69, 9.17) is 9.90 Å². The average molecular weight is 650 g/mol. The smallest absolute Gasteiger partial charge is 0.475 e. The zero-order valence-corrected chi connectivity index (χ0v) is 25.6. The first-order chi connectivity index (χ1) is 22.3. The van der Waals surface area contributed by atoms with Gasteiger partial charge in [0.15, 0.2) is 0 Å². The minimum atomic E-state index is -5.08. The molecule has 3 aromatic rings. The van der Waals surface area contributed by atoms with Crippen LogP contribution in [0.4, 0.5) is 24.7 Å². The number of halogens is 3. The summed E-state index contributed by atoms with van der Waals surface area (Å²) in [6.07, 6.45) is 0.614. The number of benzene rings is 2. The molecular weight excluding hydrogens is 615 g/mol. The molecule has 1 spiro atoms. The van der Waals surface area contributed by atoms with E-state index in [0.29, 0.717) is 43.4 Å². The zero-order chi connectivity index (χ0) is 33.6. The maximum Gasteiger partial charge on any atom is 0.490 e. The van der Waals surface area contributed by atoms with Gasteiger partial charge in [0.25, 0.3) is 0 Å². The highest BCUT2D eigenvalue weighted by Gasteiger charge is 2.62. The number of carbonyl (C=O) groups is 4. The van der Waals surface area contributed by atoms with Crippen molar-refractivity contribution in [2.45, 2.75) is 56.8 Å². The van der Waals surface area contributed by atoms with Gasteiger partial charge in [-0.25, -0.2) is 9.78 Å². The lowest BCUT2D eigenvalue weighted by Gasteiger charge is -2.61. The molecule has 5 aliphatic rings. The Morgan fingerprint density at radius 2 is 1.70 bits per heavy atom. The molecule has 1 aliphatic heterocycles. The molecule has 2 heterocycles. The van der Waals surface area contributed by atoms with Crippen LogP contribution < -0.4 is 16.0 Å². The van der Waals surface area contributed by atoms with E-state index >= 15 is 0 Å². The number of carboxylic acid groups (broad SMARTS) is 1. The molecule has 0 radical (unpaired) electrons. The highest BCUT2D eigenvalue weighted by atomic mass is 19.4. The van der Waals surface area contributed by atoms with Crippen molar-refractivity contribution in [2.75, 3.05) is 24.2 Å². The van der Waals surface area contributed by atoms with Crippen LogP contribution in [0.25, 0.3) is 0 Å². The van der Waals surface area contributed by atoms with E-state index in [9.17, 15) is 27.6 Å². The van der Waals surface area contributed by atoms with Gasteiger partial charge in [-0.3, -0.25) is 14.4 Å². The lowest BCUT2D eigenvalue weighted by molar-refractivity contribution is -0.192. The number of carbonyl (C=O) groups excluding carboxylic acids is 3. The molecule has 246 valence electrons. The maximum atomic E-state index is 13.7. The van der Waals surface area contributed by atoms with Crippen LogP contribution in [0.2, 0.25) is 0 Å². The second kappa shape index (κ2) is 12.1. The summed E-state index contributed by atoms with van der Waals surface area (Å²) in [6.45, 7) is 1.11. The van der Waals surface area contributed by atoms with E-state index < -0.39 is 17.6 Å². The van der Waals surface area contributed by atoms with Crippen molar-refractivity contribution in [3.8, 4) is 0 Å². The molecule has 47 heavy (non-hydrogen) atoms. The summed E-state index contributed by atoms with van der Waals surface area (Å²) in [6, 6.07) is 17.8. The molecule has 1 unspecified atom stereocenters. The first-order valence-corrected chi connectivity index (χ1v) is 15.3. The number of rotatable bonds is 8. The predicted octanol–water partition coefficient (Wildman–Crippen LogP) is 4.19. The van der Waals surface area contributed by atoms with E-state index in [1.54, 1.807) is 11.1 Å². The van der Waals surface area contributed by atoms with Crippen molar-refractivity contribution in [1.29, 1.82) is 0 Å². The van der Waals surface area contributed by atoms with Crippen molar-refractivity contribution in [3.63, 3.8) is 0 Å². The fourth-order valence-electron chi connectivity index (χ4n) is 7.27. The van der Waals surface area contributed by atoms with Crippen LogP contribution in [0.3, 0.4) is 0 Å². The van der Waals surface area contributed by atoms with Gasteiger partial charge in [-0.1, -0.05) is 36.4 Å². The number of pyridine rings is 1. The Morgan fingerprint density at radius 3 is 2.34 bits per heavy atom. The molecule has 4 N–H and O–H groups in total. The maximum absolute atomic E-state index is 13.7. The summed E-state index contributed by atoms with van der Waals surface area (Å²) in [4.78, 5) is 55.0. The Bertz CT molecular complexity index is 1740. The SMILES string of the molecule is CNCc1ccccc1CN(CC(=O)Nc1ccc2c(c1)CC1(C2)C(=O)Nc2ncccc21)C(=O)C12CC(C1)C2.O=C(O)C(F)(F)F. The summed E-state index contributed by atoms with van der Waals surface area (Å²) < 4.78 is 31.7. The van der Waals surface area contributed by atoms with Gasteiger partial charge in [0.2, 0.25) is 17.7 Å². The molecule has 13 heteroatoms. The van der Waals surface area contributed by atoms with E-state index in [2.05, 4.69) is 27.0 Å². The first kappa shape index (κ1) is 32.2. The Morgan fingerprint density at radius 1 is 1.02 bits per heavy atom. The van der Waals surface area contributed by atoms with Gasteiger partial charge >= 0.3 is 12.1 Å². The fraction of sp³-hybridized carbons (Fsp3) is 0.382. The van der Waals surface area contributed by atoms with Crippen molar-refractivity contribution in [3.05, 3.63) is 88.6 Å². The van der Waals surface area contributed by atoms with Gasteiger partial charge < -0.3 is 26.0 Å². The molecule has 0 saturated heterocycles. The van der Waals surface area contributed by atoms with Crippen LogP contribution in [0.15, 0.2) is 60.8 Å². The standard InChI is InChI=1S/C32H33N5O3.C2HF3O2/c1-33-17-22-5-2-3-6-23(22)18-37(30(40)31-12-20(13-31)14-31)19-27(38)35-25-9-8-21-15-32(16-24(21)11-25)26-7-4-10-34-28(26)36-29(32)39;3-2(4,5)1(6)7/h2-11,20,33H,12-19H2,1H3,(H,35,38)(H,34,36,39);(H,6,7). The zero-order valence-electron chi connectivity index (χ0n) is 25.6. The number of carboxylic acids is 1. The number of nitrogens with one attached hydrogen (secondary N) is 3. The number of aliphatic carboxylic acids is 1. The minimum Gasteiger partial charge on any atom is -0.475 e. The summed E-state index contributed by atoms with van der Waals surface area (Å²) in [5.41, 5.74) is 5.03. The van der Waals surface area contributed by atoms with Gasteiger partial charge in [-0.05, 0) is 85.5 Å². The molecule has 1 atom stereocenters. The number of fused-ring (bicyclic) bond motifs is 3. The number of hydrogen-bond acceptors (Lipinski definition) is 6. The molecule has 1 aromatic heterocycles. The first-order valence-electron chi connectivity index (χ1n) is 15.3. The van der Waals surface area contributed by atoms with Gasteiger partial charge in [-0.2, -0.15) is 13.2 Å². The molecule has 3 saturated carbocycles. The average Bonchev–Trinajstić information content (AvgIpc) is 3.48. The fourth-order valence-corrected chi connectivity index (χ4v) is 7.27. The molecule has 3 fully saturated rings. The second-order valence-corrected chi connectivity index (χ2v) is 12.8. The van der Waals surface area contributed by atoms with Gasteiger partial charge in [0.1, 0.15) is 12.4 Å². The second-order valence-electron chi connectivity index (χ2n) is 12.8. The number of hydrogen-bond donors (Lipinski definition) is 4. The van der Waals surface area contributed by atoms with E-state index in [1.807, 2.05) is 55.6 Å². The Kier molecular flexibility index (Phi) is 8.29. The van der Waals surface area contributed by atoms with Crippen LogP contribution in [0.5, 0.6) is 0 Å². The Balaban J connectivity index is 0.000000499. The van der Waals surface area contributed by atoms with Gasteiger partial charge in [0.05, 0.1) is 10.8 Å². The van der Waals surface area contributed by atoms with E-state index in [-0.39, 0.29) is 29.7 Å². The number of aromatic nitrogens is 1. The highest BCUT2D eigenvalue weighted by Crippen LogP contribution is 2.65. The third-order valence-electron chi connectivity index (χ3n) is 9.67. The third kappa shape index (κ3) is 6.07. The Hall–Kier alpha value is -4.78. The number of amides is 3. The van der Waals surface area contributed by atoms with Gasteiger partial charge in [-0.15, -0.1) is 0 Å². The monoisotopic (exact) mass is 649 g/mol. The van der Waals surface area contributed by atoms with Crippen LogP contribution in [0.1, 0.15) is 47.1 Å². The normalized spacial score (nSPS) is 22.9. The molecule has 10 nitrogen and oxygen atoms in total. The van der Waals surface area contributed by atoms with Crippen molar-refractivity contribution < 1.29 is 37.5 Å². The molecule has 8 rings (SSSR count). The quantitative estimate of drug-likeness (QED) is 0.287. The van der Waals surface area contributed by atoms with Crippen molar-refractivity contribution in [1.82, 2.24) is 15.2 Å². The third-order valence-corrected chi connectivity index (χ3v) is 9.67. The van der Waals surface area contributed by atoms with Crippen LogP contribution in [0, 0.1) is 11.3 Å². The summed E-state index contributed by atoms with van der Waals surface area (Å²) >= 11 is 0. The van der Waals surface area contributed by atoms with Crippen molar-refractivity contribution in [2.24, 2.45) is 11.3 Å². The number of nitrogens with zero attached hydrogens (tertiary/aromatic N) is 2. The molecule has 4 aliphatic carbocycles. The number of alkyl halides is 3. The molecule has 3 amide bonds. The van der Waals surface area contributed by atoms with Crippen molar-refractivity contribution >= 4 is 35.2 Å². The van der Waals surface area contributed by atoms with E-state index in [0.717, 1.165) is 47.1 Å². The lowest BCUT2D eigenvalue weighted by atomic mass is 9.44. The topological polar surface area (TPSA) is 141 Å². The Labute approximate surface area is 268 Å². The van der Waals surface area contributed by atoms with Crippen LogP contribution in [-0.2, 0) is 50.5 Å². The highest BCUT2D eigenvalue weighted by molar-refractivity contribution is 6.06. The predicted molar refractivity (Wildman–Crippen MR) is 165 cm³/mol. The lowest BCUT2D eigenvalue weighted by Crippen LogP contribution is -2.61. The largest absolute Gasteiger partial charge is 0.490 e. The molecule has 2 aromatic carbocycles. The molecule has 2 bridgehead atoms. The molecular formula is C34H34F3N5O5.